The topological polar surface area (TPSA) is 39.1 Å². The predicted octanol–water partition coefficient (Wildman–Crippen LogP) is 2.80. The molecule has 0 spiro atoms. The van der Waals surface area contributed by atoms with Crippen LogP contribution in [0.4, 0.5) is 0 Å². The van der Waals surface area contributed by atoms with Crippen LogP contribution >= 0.6 is 11.6 Å². The molecular formula is C13H22ClN3O. The van der Waals surface area contributed by atoms with Gasteiger partial charge in [-0.05, 0) is 39.7 Å². The Morgan fingerprint density at radius 2 is 2.39 bits per heavy atom. The van der Waals surface area contributed by atoms with Crippen molar-refractivity contribution in [2.75, 3.05) is 20.3 Å². The van der Waals surface area contributed by atoms with E-state index in [-0.39, 0.29) is 6.04 Å². The third-order valence-corrected chi connectivity index (χ3v) is 3.84. The van der Waals surface area contributed by atoms with E-state index in [2.05, 4.69) is 24.3 Å². The fourth-order valence-electron chi connectivity index (χ4n) is 2.56. The smallest absolute Gasteiger partial charge is 0.0834 e. The van der Waals surface area contributed by atoms with Gasteiger partial charge in [0.15, 0.2) is 0 Å². The minimum Gasteiger partial charge on any atom is -0.381 e. The van der Waals surface area contributed by atoms with Gasteiger partial charge in [-0.25, -0.2) is 0 Å². The average Bonchev–Trinajstić information content (AvgIpc) is 2.95. The summed E-state index contributed by atoms with van der Waals surface area (Å²) in [5, 5.41) is 8.49. The molecule has 1 aromatic heterocycles. The van der Waals surface area contributed by atoms with E-state index in [1.165, 1.54) is 0 Å². The number of hydrogen-bond donors (Lipinski definition) is 1. The summed E-state index contributed by atoms with van der Waals surface area (Å²) in [5.41, 5.74) is 1.10. The van der Waals surface area contributed by atoms with Crippen LogP contribution in [0.3, 0.4) is 0 Å². The van der Waals surface area contributed by atoms with Crippen molar-refractivity contribution in [3.63, 3.8) is 0 Å². The Hall–Kier alpha value is -0.580. The predicted molar refractivity (Wildman–Crippen MR) is 73.0 cm³/mol. The molecule has 0 aliphatic carbocycles. The van der Waals surface area contributed by atoms with Gasteiger partial charge in [0.1, 0.15) is 0 Å². The van der Waals surface area contributed by atoms with Crippen LogP contribution in [0.1, 0.15) is 44.5 Å². The molecule has 4 nitrogen and oxygen atoms in total. The zero-order chi connectivity index (χ0) is 13.1. The zero-order valence-corrected chi connectivity index (χ0v) is 12.1. The maximum absolute atomic E-state index is 6.29. The molecule has 2 atom stereocenters. The standard InChI is InChI=1S/C13H22ClN3O/c1-9(2)17-13(11(14)7-16-17)12(15-3)6-10-4-5-18-8-10/h7,9-10,12,15H,4-6,8H2,1-3H3. The van der Waals surface area contributed by atoms with Gasteiger partial charge >= 0.3 is 0 Å². The van der Waals surface area contributed by atoms with Crippen molar-refractivity contribution in [3.05, 3.63) is 16.9 Å². The van der Waals surface area contributed by atoms with E-state index in [1.807, 2.05) is 11.7 Å². The summed E-state index contributed by atoms with van der Waals surface area (Å²) >= 11 is 6.29. The number of ether oxygens (including phenoxy) is 1. The van der Waals surface area contributed by atoms with Crippen molar-refractivity contribution < 1.29 is 4.74 Å². The van der Waals surface area contributed by atoms with Gasteiger partial charge in [-0.15, -0.1) is 0 Å². The average molecular weight is 272 g/mol. The first-order valence-electron chi connectivity index (χ1n) is 6.61. The Morgan fingerprint density at radius 3 is 2.94 bits per heavy atom. The number of aromatic nitrogens is 2. The van der Waals surface area contributed by atoms with Crippen LogP contribution in [0.2, 0.25) is 5.02 Å². The Labute approximate surface area is 114 Å². The van der Waals surface area contributed by atoms with E-state index >= 15 is 0 Å². The summed E-state index contributed by atoms with van der Waals surface area (Å²) < 4.78 is 7.46. The Balaban J connectivity index is 2.17. The van der Waals surface area contributed by atoms with Crippen LogP contribution in [0.5, 0.6) is 0 Å². The van der Waals surface area contributed by atoms with Crippen molar-refractivity contribution in [1.29, 1.82) is 0 Å². The van der Waals surface area contributed by atoms with E-state index in [0.717, 1.165) is 36.8 Å². The number of nitrogens with one attached hydrogen (secondary N) is 1. The normalized spacial score (nSPS) is 21.7. The molecule has 1 aliphatic rings. The van der Waals surface area contributed by atoms with Crippen molar-refractivity contribution in [2.45, 2.75) is 38.8 Å². The van der Waals surface area contributed by atoms with Crippen molar-refractivity contribution in [2.24, 2.45) is 5.92 Å². The van der Waals surface area contributed by atoms with Crippen LogP contribution < -0.4 is 5.32 Å². The lowest BCUT2D eigenvalue weighted by atomic mass is 9.97. The van der Waals surface area contributed by atoms with Crippen molar-refractivity contribution in [1.82, 2.24) is 15.1 Å². The number of halogens is 1. The van der Waals surface area contributed by atoms with Crippen LogP contribution in [0, 0.1) is 5.92 Å². The third-order valence-electron chi connectivity index (χ3n) is 3.55. The quantitative estimate of drug-likeness (QED) is 0.895. The lowest BCUT2D eigenvalue weighted by Crippen LogP contribution is -2.24. The summed E-state index contributed by atoms with van der Waals surface area (Å²) in [6.45, 7) is 6.00. The first-order valence-corrected chi connectivity index (χ1v) is 6.99. The zero-order valence-electron chi connectivity index (χ0n) is 11.3. The highest BCUT2D eigenvalue weighted by atomic mass is 35.5. The second kappa shape index (κ2) is 6.04. The highest BCUT2D eigenvalue weighted by molar-refractivity contribution is 6.31. The molecule has 102 valence electrons. The van der Waals surface area contributed by atoms with E-state index in [0.29, 0.717) is 12.0 Å². The molecular weight excluding hydrogens is 250 g/mol. The number of rotatable bonds is 5. The highest BCUT2D eigenvalue weighted by Crippen LogP contribution is 2.31. The number of nitrogens with zero attached hydrogens (tertiary/aromatic N) is 2. The summed E-state index contributed by atoms with van der Waals surface area (Å²) in [5.74, 6) is 0.619. The second-order valence-electron chi connectivity index (χ2n) is 5.22. The molecule has 1 N–H and O–H groups in total. The molecule has 0 aromatic carbocycles. The third kappa shape index (κ3) is 2.87. The van der Waals surface area contributed by atoms with E-state index in [4.69, 9.17) is 16.3 Å². The molecule has 1 saturated heterocycles. The first kappa shape index (κ1) is 13.8. The van der Waals surface area contributed by atoms with Gasteiger partial charge in [-0.1, -0.05) is 11.6 Å². The molecule has 1 fully saturated rings. The molecule has 1 aliphatic heterocycles. The SMILES string of the molecule is CNC(CC1CCOC1)c1c(Cl)cnn1C(C)C. The fourth-order valence-corrected chi connectivity index (χ4v) is 2.82. The van der Waals surface area contributed by atoms with Crippen LogP contribution in [-0.4, -0.2) is 30.0 Å². The largest absolute Gasteiger partial charge is 0.381 e. The van der Waals surface area contributed by atoms with Gasteiger partial charge in [-0.3, -0.25) is 4.68 Å². The highest BCUT2D eigenvalue weighted by Gasteiger charge is 2.25. The van der Waals surface area contributed by atoms with E-state index in [9.17, 15) is 0 Å². The summed E-state index contributed by atoms with van der Waals surface area (Å²) in [6.07, 6.45) is 3.94. The molecule has 0 bridgehead atoms. The monoisotopic (exact) mass is 271 g/mol. The molecule has 18 heavy (non-hydrogen) atoms. The summed E-state index contributed by atoms with van der Waals surface area (Å²) in [6, 6.07) is 0.567. The van der Waals surface area contributed by atoms with Gasteiger partial charge in [0.05, 0.1) is 23.0 Å². The minimum absolute atomic E-state index is 0.245. The lowest BCUT2D eigenvalue weighted by Gasteiger charge is -2.22. The molecule has 0 radical (unpaired) electrons. The van der Waals surface area contributed by atoms with Crippen molar-refractivity contribution in [3.8, 4) is 0 Å². The van der Waals surface area contributed by atoms with Gasteiger partial charge < -0.3 is 10.1 Å². The summed E-state index contributed by atoms with van der Waals surface area (Å²) in [4.78, 5) is 0. The van der Waals surface area contributed by atoms with Gasteiger partial charge in [0, 0.05) is 19.3 Å². The van der Waals surface area contributed by atoms with Gasteiger partial charge in [0.2, 0.25) is 0 Å². The molecule has 5 heteroatoms. The molecule has 0 amide bonds. The molecule has 2 unspecified atom stereocenters. The van der Waals surface area contributed by atoms with Crippen LogP contribution in [-0.2, 0) is 4.74 Å². The maximum Gasteiger partial charge on any atom is 0.0834 e. The maximum atomic E-state index is 6.29. The Bertz CT molecular complexity index is 386. The van der Waals surface area contributed by atoms with E-state index in [1.54, 1.807) is 6.20 Å². The second-order valence-corrected chi connectivity index (χ2v) is 5.63. The summed E-state index contributed by atoms with van der Waals surface area (Å²) in [7, 11) is 1.98. The van der Waals surface area contributed by atoms with Crippen molar-refractivity contribution >= 4 is 11.6 Å². The Kier molecular flexibility index (Phi) is 4.65. The molecule has 2 heterocycles. The first-order chi connectivity index (χ1) is 8.63. The fraction of sp³-hybridized carbons (Fsp3) is 0.769. The Morgan fingerprint density at radius 1 is 1.61 bits per heavy atom. The molecule has 1 aromatic rings. The lowest BCUT2D eigenvalue weighted by molar-refractivity contribution is 0.181. The van der Waals surface area contributed by atoms with E-state index < -0.39 is 0 Å². The van der Waals surface area contributed by atoms with Gasteiger partial charge in [0.25, 0.3) is 0 Å². The number of hydrogen-bond acceptors (Lipinski definition) is 3. The minimum atomic E-state index is 0.245. The van der Waals surface area contributed by atoms with Crippen LogP contribution in [0.15, 0.2) is 6.20 Å². The molecule has 0 saturated carbocycles. The van der Waals surface area contributed by atoms with Crippen LogP contribution in [0.25, 0.3) is 0 Å². The molecule has 2 rings (SSSR count). The van der Waals surface area contributed by atoms with Gasteiger partial charge in [-0.2, -0.15) is 5.10 Å².